The van der Waals surface area contributed by atoms with Crippen molar-refractivity contribution in [3.8, 4) is 0 Å². The van der Waals surface area contributed by atoms with Crippen molar-refractivity contribution in [3.63, 3.8) is 0 Å². The fraction of sp³-hybridized carbons (Fsp3) is 0.667. The summed E-state index contributed by atoms with van der Waals surface area (Å²) >= 11 is 6.10. The smallest absolute Gasteiger partial charge is 0.150 e. The molecule has 1 unspecified atom stereocenters. The second kappa shape index (κ2) is 5.45. The predicted molar refractivity (Wildman–Crippen MR) is 64.3 cm³/mol. The minimum Gasteiger partial charge on any atom is -0.256 e. The van der Waals surface area contributed by atoms with E-state index in [1.807, 2.05) is 6.20 Å². The minimum atomic E-state index is 0.433. The van der Waals surface area contributed by atoms with Crippen LogP contribution in [0.1, 0.15) is 51.4 Å². The molecule has 0 radical (unpaired) electrons. The van der Waals surface area contributed by atoms with Crippen molar-refractivity contribution >= 4 is 11.6 Å². The SMILES string of the molecule is CCC(C)c1cnc(CC(C)C)c(Cl)n1. The lowest BCUT2D eigenvalue weighted by atomic mass is 10.1. The number of rotatable bonds is 4. The van der Waals surface area contributed by atoms with Crippen LogP contribution in [0.3, 0.4) is 0 Å². The summed E-state index contributed by atoms with van der Waals surface area (Å²) < 4.78 is 0. The first-order valence-corrected chi connectivity index (χ1v) is 5.93. The highest BCUT2D eigenvalue weighted by molar-refractivity contribution is 6.30. The number of nitrogens with zero attached hydrogens (tertiary/aromatic N) is 2. The molecule has 1 aromatic heterocycles. The third kappa shape index (κ3) is 3.45. The Balaban J connectivity index is 2.88. The Morgan fingerprint density at radius 2 is 2.00 bits per heavy atom. The highest BCUT2D eigenvalue weighted by atomic mass is 35.5. The van der Waals surface area contributed by atoms with E-state index in [2.05, 4.69) is 37.7 Å². The summed E-state index contributed by atoms with van der Waals surface area (Å²) in [7, 11) is 0. The van der Waals surface area contributed by atoms with Gasteiger partial charge in [0.25, 0.3) is 0 Å². The molecule has 0 aromatic carbocycles. The van der Waals surface area contributed by atoms with Crippen LogP contribution in [0, 0.1) is 5.92 Å². The van der Waals surface area contributed by atoms with Gasteiger partial charge < -0.3 is 0 Å². The van der Waals surface area contributed by atoms with E-state index in [1.165, 1.54) is 0 Å². The number of hydrogen-bond acceptors (Lipinski definition) is 2. The molecule has 0 aliphatic carbocycles. The van der Waals surface area contributed by atoms with E-state index >= 15 is 0 Å². The highest BCUT2D eigenvalue weighted by Crippen LogP contribution is 2.20. The van der Waals surface area contributed by atoms with Crippen molar-refractivity contribution in [2.45, 2.75) is 46.5 Å². The van der Waals surface area contributed by atoms with E-state index in [0.717, 1.165) is 24.2 Å². The first-order valence-electron chi connectivity index (χ1n) is 5.55. The maximum absolute atomic E-state index is 6.10. The van der Waals surface area contributed by atoms with Crippen LogP contribution in [0.2, 0.25) is 5.15 Å². The Bertz CT molecular complexity index is 323. The molecule has 15 heavy (non-hydrogen) atoms. The third-order valence-electron chi connectivity index (χ3n) is 2.54. The van der Waals surface area contributed by atoms with Crippen molar-refractivity contribution < 1.29 is 0 Å². The van der Waals surface area contributed by atoms with E-state index in [-0.39, 0.29) is 0 Å². The molecule has 2 nitrogen and oxygen atoms in total. The van der Waals surface area contributed by atoms with Crippen LogP contribution in [0.25, 0.3) is 0 Å². The van der Waals surface area contributed by atoms with Gasteiger partial charge in [0.15, 0.2) is 5.15 Å². The fourth-order valence-electron chi connectivity index (χ4n) is 1.37. The zero-order chi connectivity index (χ0) is 11.4. The third-order valence-corrected chi connectivity index (χ3v) is 2.84. The highest BCUT2D eigenvalue weighted by Gasteiger charge is 2.10. The van der Waals surface area contributed by atoms with Crippen molar-refractivity contribution in [1.82, 2.24) is 9.97 Å². The van der Waals surface area contributed by atoms with Crippen molar-refractivity contribution in [2.24, 2.45) is 5.92 Å². The summed E-state index contributed by atoms with van der Waals surface area (Å²) in [6, 6.07) is 0. The summed E-state index contributed by atoms with van der Waals surface area (Å²) in [5, 5.41) is 0.571. The van der Waals surface area contributed by atoms with Crippen LogP contribution in [-0.2, 0) is 6.42 Å². The monoisotopic (exact) mass is 226 g/mol. The van der Waals surface area contributed by atoms with Crippen LogP contribution in [0.4, 0.5) is 0 Å². The van der Waals surface area contributed by atoms with Gasteiger partial charge in [0.05, 0.1) is 11.4 Å². The maximum Gasteiger partial charge on any atom is 0.150 e. The second-order valence-electron chi connectivity index (χ2n) is 4.44. The summed E-state index contributed by atoms with van der Waals surface area (Å²) in [4.78, 5) is 8.79. The van der Waals surface area contributed by atoms with Crippen LogP contribution in [0.15, 0.2) is 6.20 Å². The van der Waals surface area contributed by atoms with Gasteiger partial charge in [0, 0.05) is 6.20 Å². The molecule has 1 atom stereocenters. The van der Waals surface area contributed by atoms with Crippen LogP contribution < -0.4 is 0 Å². The van der Waals surface area contributed by atoms with Gasteiger partial charge >= 0.3 is 0 Å². The maximum atomic E-state index is 6.10. The molecule has 0 saturated carbocycles. The van der Waals surface area contributed by atoms with Gasteiger partial charge in [0.1, 0.15) is 0 Å². The number of aromatic nitrogens is 2. The normalized spacial score (nSPS) is 13.2. The number of halogens is 1. The first-order chi connectivity index (χ1) is 7.04. The van der Waals surface area contributed by atoms with E-state index < -0.39 is 0 Å². The van der Waals surface area contributed by atoms with E-state index in [4.69, 9.17) is 11.6 Å². The molecule has 1 rings (SSSR count). The predicted octanol–water partition coefficient (Wildman–Crippen LogP) is 3.84. The molecule has 0 spiro atoms. The fourth-order valence-corrected chi connectivity index (χ4v) is 1.60. The molecule has 0 N–H and O–H groups in total. The van der Waals surface area contributed by atoms with Crippen LogP contribution in [0.5, 0.6) is 0 Å². The molecule has 0 aliphatic heterocycles. The molecule has 0 amide bonds. The Morgan fingerprint density at radius 1 is 1.33 bits per heavy atom. The molecule has 0 saturated heterocycles. The van der Waals surface area contributed by atoms with E-state index in [0.29, 0.717) is 17.0 Å². The van der Waals surface area contributed by atoms with Gasteiger partial charge in [-0.15, -0.1) is 0 Å². The molecular formula is C12H19ClN2. The molecule has 1 heterocycles. The van der Waals surface area contributed by atoms with Crippen LogP contribution in [-0.4, -0.2) is 9.97 Å². The Morgan fingerprint density at radius 3 is 2.47 bits per heavy atom. The standard InChI is InChI=1S/C12H19ClN2/c1-5-9(4)11-7-14-10(6-8(2)3)12(13)15-11/h7-9H,5-6H2,1-4H3. The van der Waals surface area contributed by atoms with Gasteiger partial charge in [-0.1, -0.05) is 39.3 Å². The topological polar surface area (TPSA) is 25.8 Å². The molecular weight excluding hydrogens is 208 g/mol. The lowest BCUT2D eigenvalue weighted by Gasteiger charge is -2.10. The summed E-state index contributed by atoms with van der Waals surface area (Å²) in [6.07, 6.45) is 3.82. The molecule has 84 valence electrons. The zero-order valence-corrected chi connectivity index (χ0v) is 10.7. The largest absolute Gasteiger partial charge is 0.256 e. The average molecular weight is 227 g/mol. The van der Waals surface area contributed by atoms with Gasteiger partial charge in [0.2, 0.25) is 0 Å². The number of hydrogen-bond donors (Lipinski definition) is 0. The quantitative estimate of drug-likeness (QED) is 0.780. The molecule has 3 heteroatoms. The summed E-state index contributed by atoms with van der Waals surface area (Å²) in [6.45, 7) is 8.59. The zero-order valence-electron chi connectivity index (χ0n) is 9.92. The molecule has 0 aliphatic rings. The van der Waals surface area contributed by atoms with Crippen molar-refractivity contribution in [2.75, 3.05) is 0 Å². The molecule has 0 bridgehead atoms. The van der Waals surface area contributed by atoms with Crippen molar-refractivity contribution in [3.05, 3.63) is 22.7 Å². The van der Waals surface area contributed by atoms with Gasteiger partial charge in [-0.05, 0) is 24.7 Å². The second-order valence-corrected chi connectivity index (χ2v) is 4.80. The van der Waals surface area contributed by atoms with Gasteiger partial charge in [-0.25, -0.2) is 4.98 Å². The lowest BCUT2D eigenvalue weighted by molar-refractivity contribution is 0.627. The lowest BCUT2D eigenvalue weighted by Crippen LogP contribution is -2.04. The Hall–Kier alpha value is -0.630. The Kier molecular flexibility index (Phi) is 4.52. The minimum absolute atomic E-state index is 0.433. The van der Waals surface area contributed by atoms with Crippen molar-refractivity contribution in [1.29, 1.82) is 0 Å². The average Bonchev–Trinajstić information content (AvgIpc) is 2.19. The molecule has 0 fully saturated rings. The molecule has 1 aromatic rings. The van der Waals surface area contributed by atoms with Gasteiger partial charge in [-0.3, -0.25) is 4.98 Å². The van der Waals surface area contributed by atoms with Crippen LogP contribution >= 0.6 is 11.6 Å². The van der Waals surface area contributed by atoms with Gasteiger partial charge in [-0.2, -0.15) is 0 Å². The summed E-state index contributed by atoms with van der Waals surface area (Å²) in [5.74, 6) is 0.995. The van der Waals surface area contributed by atoms with E-state index in [9.17, 15) is 0 Å². The van der Waals surface area contributed by atoms with E-state index in [1.54, 1.807) is 0 Å². The first kappa shape index (κ1) is 12.4. The summed E-state index contributed by atoms with van der Waals surface area (Å²) in [5.41, 5.74) is 1.91. The Labute approximate surface area is 97.1 Å².